The molecule has 0 aliphatic carbocycles. The number of aromatic nitrogens is 3. The van der Waals surface area contributed by atoms with E-state index in [0.29, 0.717) is 24.1 Å². The van der Waals surface area contributed by atoms with Crippen LogP contribution in [0.5, 0.6) is 0 Å². The molecular formula is C22H26N10. The van der Waals surface area contributed by atoms with E-state index in [-0.39, 0.29) is 11.8 Å². The monoisotopic (exact) mass is 430 g/mol. The van der Waals surface area contributed by atoms with Gasteiger partial charge in [-0.15, -0.1) is 5.11 Å². The summed E-state index contributed by atoms with van der Waals surface area (Å²) in [5.41, 5.74) is 3.45. The minimum absolute atomic E-state index is 0.0975. The van der Waals surface area contributed by atoms with Crippen molar-refractivity contribution in [1.82, 2.24) is 24.8 Å². The number of nitrogens with zero attached hydrogens (tertiary/aromatic N) is 7. The lowest BCUT2D eigenvalue weighted by Gasteiger charge is -2.35. The third-order valence-electron chi connectivity index (χ3n) is 5.21. The number of amidine groups is 1. The van der Waals surface area contributed by atoms with E-state index in [2.05, 4.69) is 41.9 Å². The number of azo groups is 1. The molecule has 0 radical (unpaired) electrons. The lowest BCUT2D eigenvalue weighted by Crippen LogP contribution is -2.45. The molecule has 164 valence electrons. The molecule has 3 aromatic rings. The molecule has 2 aromatic heterocycles. The number of hydrogen-bond acceptors (Lipinski definition) is 8. The molecule has 1 aliphatic heterocycles. The summed E-state index contributed by atoms with van der Waals surface area (Å²) in [6.07, 6.45) is 3.42. The molecule has 0 amide bonds. The van der Waals surface area contributed by atoms with Crippen LogP contribution >= 0.6 is 0 Å². The Morgan fingerprint density at radius 1 is 1.34 bits per heavy atom. The average molecular weight is 431 g/mol. The SMILES string of the molecule is CC(C)NCN=NC(=N)c1cccc(Nc2ncnn3ccc(CN4CC(C#N)C4)c23)c1. The molecule has 1 fully saturated rings. The minimum Gasteiger partial charge on any atom is -0.338 e. The van der Waals surface area contributed by atoms with Gasteiger partial charge >= 0.3 is 0 Å². The van der Waals surface area contributed by atoms with Gasteiger partial charge in [-0.25, -0.2) is 9.50 Å². The highest BCUT2D eigenvalue weighted by molar-refractivity contribution is 5.97. The van der Waals surface area contributed by atoms with Crippen molar-refractivity contribution in [2.75, 3.05) is 25.1 Å². The van der Waals surface area contributed by atoms with Crippen molar-refractivity contribution in [3.8, 4) is 6.07 Å². The zero-order valence-electron chi connectivity index (χ0n) is 18.2. The van der Waals surface area contributed by atoms with Crippen LogP contribution < -0.4 is 10.6 Å². The van der Waals surface area contributed by atoms with Crippen LogP contribution in [0.1, 0.15) is 25.0 Å². The number of hydrogen-bond donors (Lipinski definition) is 3. The van der Waals surface area contributed by atoms with Gasteiger partial charge in [0.2, 0.25) is 0 Å². The Morgan fingerprint density at radius 3 is 2.97 bits per heavy atom. The van der Waals surface area contributed by atoms with Crippen LogP contribution in [0.4, 0.5) is 11.5 Å². The van der Waals surface area contributed by atoms with E-state index in [1.165, 1.54) is 6.33 Å². The molecule has 1 aliphatic rings. The summed E-state index contributed by atoms with van der Waals surface area (Å²) in [6.45, 7) is 6.75. The van der Waals surface area contributed by atoms with E-state index >= 15 is 0 Å². The maximum atomic E-state index is 9.01. The van der Waals surface area contributed by atoms with Gasteiger partial charge in [0.05, 0.1) is 12.0 Å². The van der Waals surface area contributed by atoms with Crippen LogP contribution in [0.15, 0.2) is 53.1 Å². The Labute approximate surface area is 186 Å². The van der Waals surface area contributed by atoms with Crippen LogP contribution in [0.2, 0.25) is 0 Å². The van der Waals surface area contributed by atoms with Gasteiger partial charge in [-0.3, -0.25) is 15.6 Å². The summed E-state index contributed by atoms with van der Waals surface area (Å²) < 4.78 is 1.80. The molecule has 32 heavy (non-hydrogen) atoms. The molecule has 10 heteroatoms. The molecule has 1 saturated heterocycles. The summed E-state index contributed by atoms with van der Waals surface area (Å²) in [7, 11) is 0. The van der Waals surface area contributed by atoms with Gasteiger partial charge in [-0.2, -0.15) is 15.5 Å². The smallest absolute Gasteiger partial charge is 0.174 e. The predicted octanol–water partition coefficient (Wildman–Crippen LogP) is 3.16. The number of nitrogens with one attached hydrogen (secondary N) is 3. The van der Waals surface area contributed by atoms with Gasteiger partial charge < -0.3 is 5.32 Å². The van der Waals surface area contributed by atoms with Crippen molar-refractivity contribution in [2.24, 2.45) is 16.1 Å². The van der Waals surface area contributed by atoms with E-state index in [0.717, 1.165) is 36.4 Å². The topological polar surface area (TPSA) is 130 Å². The lowest BCUT2D eigenvalue weighted by atomic mass is 10.0. The first-order chi connectivity index (χ1) is 15.5. The Morgan fingerprint density at radius 2 is 2.19 bits per heavy atom. The molecule has 0 atom stereocenters. The van der Waals surface area contributed by atoms with Gasteiger partial charge in [-0.05, 0) is 37.6 Å². The van der Waals surface area contributed by atoms with Crippen LogP contribution in [0, 0.1) is 22.7 Å². The van der Waals surface area contributed by atoms with E-state index < -0.39 is 0 Å². The zero-order chi connectivity index (χ0) is 22.5. The average Bonchev–Trinajstić information content (AvgIpc) is 3.17. The summed E-state index contributed by atoms with van der Waals surface area (Å²) in [6, 6.07) is 12.1. The van der Waals surface area contributed by atoms with Crippen LogP contribution in [-0.4, -0.2) is 51.1 Å². The van der Waals surface area contributed by atoms with Crippen molar-refractivity contribution >= 4 is 22.9 Å². The summed E-state index contributed by atoms with van der Waals surface area (Å²) in [4.78, 5) is 6.69. The Hall–Kier alpha value is -3.68. The Balaban J connectivity index is 1.50. The van der Waals surface area contributed by atoms with Crippen molar-refractivity contribution < 1.29 is 0 Å². The molecular weight excluding hydrogens is 404 g/mol. The normalized spacial score (nSPS) is 14.7. The molecule has 0 spiro atoms. The van der Waals surface area contributed by atoms with Crippen molar-refractivity contribution in [3.63, 3.8) is 0 Å². The van der Waals surface area contributed by atoms with Crippen LogP contribution in [0.25, 0.3) is 5.52 Å². The van der Waals surface area contributed by atoms with Crippen molar-refractivity contribution in [3.05, 3.63) is 54.0 Å². The highest BCUT2D eigenvalue weighted by atomic mass is 15.3. The Kier molecular flexibility index (Phi) is 6.49. The summed E-state index contributed by atoms with van der Waals surface area (Å²) in [5, 5.41) is 36.0. The quantitative estimate of drug-likeness (QED) is 0.286. The third kappa shape index (κ3) is 4.96. The van der Waals surface area contributed by atoms with Gasteiger partial charge in [0.15, 0.2) is 11.7 Å². The number of fused-ring (bicyclic) bond motifs is 1. The standard InChI is InChI=1S/C22H26N10/c1-15(2)25-13-27-30-21(24)17-4-3-5-19(8-17)29-22-20-18(6-7-32(20)28-14-26-22)12-31-10-16(9-23)11-31/h3-8,14-16,24-25H,10-13H2,1-2H3,(H,26,28,29). The second-order valence-corrected chi connectivity index (χ2v) is 8.08. The zero-order valence-corrected chi connectivity index (χ0v) is 18.2. The highest BCUT2D eigenvalue weighted by Crippen LogP contribution is 2.26. The molecule has 0 unspecified atom stereocenters. The van der Waals surface area contributed by atoms with Gasteiger partial charge in [0.25, 0.3) is 0 Å². The fourth-order valence-corrected chi connectivity index (χ4v) is 3.53. The highest BCUT2D eigenvalue weighted by Gasteiger charge is 2.27. The first-order valence-corrected chi connectivity index (χ1v) is 10.5. The maximum absolute atomic E-state index is 9.01. The summed E-state index contributed by atoms with van der Waals surface area (Å²) >= 11 is 0. The fraction of sp³-hybridized carbons (Fsp3) is 0.364. The van der Waals surface area contributed by atoms with E-state index in [1.54, 1.807) is 4.52 Å². The third-order valence-corrected chi connectivity index (χ3v) is 5.21. The molecule has 10 nitrogen and oxygen atoms in total. The number of benzene rings is 1. The minimum atomic E-state index is 0.0975. The number of likely N-dealkylation sites (tertiary alicyclic amines) is 1. The maximum Gasteiger partial charge on any atom is 0.174 e. The van der Waals surface area contributed by atoms with Crippen LogP contribution in [0.3, 0.4) is 0 Å². The number of nitriles is 1. The molecule has 1 aromatic carbocycles. The predicted molar refractivity (Wildman–Crippen MR) is 122 cm³/mol. The van der Waals surface area contributed by atoms with E-state index in [4.69, 9.17) is 10.7 Å². The van der Waals surface area contributed by atoms with Crippen molar-refractivity contribution in [2.45, 2.75) is 26.4 Å². The van der Waals surface area contributed by atoms with Gasteiger partial charge in [0.1, 0.15) is 18.5 Å². The molecule has 0 saturated carbocycles. The van der Waals surface area contributed by atoms with Crippen LogP contribution in [-0.2, 0) is 6.54 Å². The molecule has 3 heterocycles. The Bertz CT molecular complexity index is 1170. The molecule has 0 bridgehead atoms. The fourth-order valence-electron chi connectivity index (χ4n) is 3.53. The number of rotatable bonds is 8. The first kappa shape index (κ1) is 21.5. The van der Waals surface area contributed by atoms with Crippen molar-refractivity contribution in [1.29, 1.82) is 10.7 Å². The molecule has 3 N–H and O–H groups in total. The van der Waals surface area contributed by atoms with Gasteiger partial charge in [-0.1, -0.05) is 12.1 Å². The van der Waals surface area contributed by atoms with Gasteiger partial charge in [0, 0.05) is 43.1 Å². The second kappa shape index (κ2) is 9.64. The van der Waals surface area contributed by atoms with E-state index in [1.807, 2.05) is 50.4 Å². The first-order valence-electron chi connectivity index (χ1n) is 10.5. The second-order valence-electron chi connectivity index (χ2n) is 8.08. The lowest BCUT2D eigenvalue weighted by molar-refractivity contribution is 0.127. The number of anilines is 2. The van der Waals surface area contributed by atoms with E-state index in [9.17, 15) is 0 Å². The molecule has 4 rings (SSSR count). The largest absolute Gasteiger partial charge is 0.338 e. The summed E-state index contributed by atoms with van der Waals surface area (Å²) in [5.74, 6) is 0.901.